The summed E-state index contributed by atoms with van der Waals surface area (Å²) in [5.41, 5.74) is 0.0211. The number of aliphatic hydroxyl groups is 1. The van der Waals surface area contributed by atoms with E-state index in [4.69, 9.17) is 0 Å². The van der Waals surface area contributed by atoms with Crippen molar-refractivity contribution in [3.05, 3.63) is 23.8 Å². The average molecular weight is 251 g/mol. The molecule has 0 saturated heterocycles. The van der Waals surface area contributed by atoms with Gasteiger partial charge in [-0.1, -0.05) is 12.8 Å². The van der Waals surface area contributed by atoms with Crippen molar-refractivity contribution in [2.24, 2.45) is 0 Å². The molecule has 1 amide bonds. The number of phenols is 2. The number of phenolic OH excluding ortho intramolecular Hbond substituents is 2. The summed E-state index contributed by atoms with van der Waals surface area (Å²) in [5.74, 6) is -0.743. The lowest BCUT2D eigenvalue weighted by atomic mass is 9.92. The molecule has 18 heavy (non-hydrogen) atoms. The predicted octanol–water partition coefficient (Wildman–Crippen LogP) is 1.13. The van der Waals surface area contributed by atoms with Crippen LogP contribution in [0.1, 0.15) is 36.0 Å². The largest absolute Gasteiger partial charge is 0.508 e. The zero-order valence-electron chi connectivity index (χ0n) is 9.97. The lowest BCUT2D eigenvalue weighted by molar-refractivity contribution is 0.0715. The quantitative estimate of drug-likeness (QED) is 0.593. The first-order valence-electron chi connectivity index (χ1n) is 6.09. The third kappa shape index (κ3) is 2.73. The van der Waals surface area contributed by atoms with Crippen molar-refractivity contribution in [2.75, 3.05) is 0 Å². The Morgan fingerprint density at radius 2 is 1.94 bits per heavy atom. The number of aliphatic hydroxyl groups excluding tert-OH is 1. The lowest BCUT2D eigenvalue weighted by Gasteiger charge is -2.28. The Kier molecular flexibility index (Phi) is 3.72. The molecule has 1 aliphatic carbocycles. The molecule has 0 heterocycles. The fraction of sp³-hybridized carbons (Fsp3) is 0.462. The smallest absolute Gasteiger partial charge is 0.255 e. The first kappa shape index (κ1) is 12.7. The normalized spacial score (nSPS) is 23.6. The zero-order chi connectivity index (χ0) is 13.1. The van der Waals surface area contributed by atoms with Crippen LogP contribution in [0.3, 0.4) is 0 Å². The molecule has 98 valence electrons. The monoisotopic (exact) mass is 251 g/mol. The maximum absolute atomic E-state index is 11.9. The number of aromatic hydroxyl groups is 2. The highest BCUT2D eigenvalue weighted by molar-refractivity contribution is 5.97. The highest BCUT2D eigenvalue weighted by Gasteiger charge is 2.25. The summed E-state index contributed by atoms with van der Waals surface area (Å²) in [6, 6.07) is 3.50. The second-order valence-electron chi connectivity index (χ2n) is 4.63. The number of hydrogen-bond acceptors (Lipinski definition) is 4. The Balaban J connectivity index is 2.09. The van der Waals surface area contributed by atoms with E-state index in [1.807, 2.05) is 0 Å². The van der Waals surface area contributed by atoms with Crippen LogP contribution in [0, 0.1) is 0 Å². The SMILES string of the molecule is O=C(NC1CCCCC1O)c1cc(O)ccc1O. The molecule has 0 spiro atoms. The molecule has 0 radical (unpaired) electrons. The molecule has 1 saturated carbocycles. The Bertz CT molecular complexity index is 447. The molecule has 0 bridgehead atoms. The van der Waals surface area contributed by atoms with Crippen LogP contribution in [0.5, 0.6) is 11.5 Å². The fourth-order valence-corrected chi connectivity index (χ4v) is 2.23. The van der Waals surface area contributed by atoms with Crippen molar-refractivity contribution in [2.45, 2.75) is 37.8 Å². The van der Waals surface area contributed by atoms with Gasteiger partial charge in [0.1, 0.15) is 11.5 Å². The van der Waals surface area contributed by atoms with Crippen LogP contribution in [-0.2, 0) is 0 Å². The van der Waals surface area contributed by atoms with E-state index in [0.717, 1.165) is 19.3 Å². The standard InChI is InChI=1S/C13H17NO4/c15-8-5-6-11(16)9(7-8)13(18)14-10-3-1-2-4-12(10)17/h5-7,10,12,15-17H,1-4H2,(H,14,18). The molecule has 0 aromatic heterocycles. The van der Waals surface area contributed by atoms with Gasteiger partial charge in [0.2, 0.25) is 0 Å². The van der Waals surface area contributed by atoms with E-state index < -0.39 is 12.0 Å². The number of nitrogens with one attached hydrogen (secondary N) is 1. The van der Waals surface area contributed by atoms with Gasteiger partial charge in [-0.25, -0.2) is 0 Å². The maximum atomic E-state index is 11.9. The van der Waals surface area contributed by atoms with Crippen molar-refractivity contribution in [1.29, 1.82) is 0 Å². The van der Waals surface area contributed by atoms with E-state index in [1.165, 1.54) is 18.2 Å². The molecule has 1 aliphatic rings. The first-order valence-corrected chi connectivity index (χ1v) is 6.09. The highest BCUT2D eigenvalue weighted by atomic mass is 16.3. The predicted molar refractivity (Wildman–Crippen MR) is 65.5 cm³/mol. The molecule has 1 aromatic rings. The number of benzene rings is 1. The van der Waals surface area contributed by atoms with Gasteiger partial charge in [0, 0.05) is 0 Å². The van der Waals surface area contributed by atoms with Crippen LogP contribution in [0.4, 0.5) is 0 Å². The average Bonchev–Trinajstić information content (AvgIpc) is 2.35. The summed E-state index contributed by atoms with van der Waals surface area (Å²) < 4.78 is 0. The third-order valence-corrected chi connectivity index (χ3v) is 3.27. The zero-order valence-corrected chi connectivity index (χ0v) is 9.97. The van der Waals surface area contributed by atoms with E-state index in [2.05, 4.69) is 5.32 Å². The molecule has 5 heteroatoms. The molecular formula is C13H17NO4. The van der Waals surface area contributed by atoms with Gasteiger partial charge in [-0.05, 0) is 31.0 Å². The minimum absolute atomic E-state index is 0.0211. The molecule has 1 aromatic carbocycles. The van der Waals surface area contributed by atoms with Gasteiger partial charge >= 0.3 is 0 Å². The second kappa shape index (κ2) is 5.27. The van der Waals surface area contributed by atoms with Crippen molar-refractivity contribution < 1.29 is 20.1 Å². The van der Waals surface area contributed by atoms with Crippen LogP contribution < -0.4 is 5.32 Å². The van der Waals surface area contributed by atoms with Crippen LogP contribution in [0.15, 0.2) is 18.2 Å². The van der Waals surface area contributed by atoms with E-state index in [1.54, 1.807) is 0 Å². The summed E-state index contributed by atoms with van der Waals surface area (Å²) >= 11 is 0. The first-order chi connectivity index (χ1) is 8.58. The van der Waals surface area contributed by atoms with Crippen LogP contribution in [0.25, 0.3) is 0 Å². The molecule has 0 aliphatic heterocycles. The summed E-state index contributed by atoms with van der Waals surface area (Å²) in [7, 11) is 0. The van der Waals surface area contributed by atoms with Crippen LogP contribution in [0.2, 0.25) is 0 Å². The van der Waals surface area contributed by atoms with Crippen molar-refractivity contribution >= 4 is 5.91 Å². The van der Waals surface area contributed by atoms with Crippen LogP contribution >= 0.6 is 0 Å². The summed E-state index contributed by atoms with van der Waals surface area (Å²) in [5, 5.41) is 31.3. The number of hydrogen-bond donors (Lipinski definition) is 4. The third-order valence-electron chi connectivity index (χ3n) is 3.27. The lowest BCUT2D eigenvalue weighted by Crippen LogP contribution is -2.45. The number of amides is 1. The topological polar surface area (TPSA) is 89.8 Å². The highest BCUT2D eigenvalue weighted by Crippen LogP contribution is 2.23. The van der Waals surface area contributed by atoms with Gasteiger partial charge in [-0.3, -0.25) is 4.79 Å². The van der Waals surface area contributed by atoms with Gasteiger partial charge in [-0.2, -0.15) is 0 Å². The molecular weight excluding hydrogens is 234 g/mol. The van der Waals surface area contributed by atoms with Gasteiger partial charge in [-0.15, -0.1) is 0 Å². The van der Waals surface area contributed by atoms with E-state index >= 15 is 0 Å². The Hall–Kier alpha value is -1.75. The summed E-state index contributed by atoms with van der Waals surface area (Å²) in [4.78, 5) is 11.9. The van der Waals surface area contributed by atoms with Gasteiger partial charge in [0.15, 0.2) is 0 Å². The molecule has 5 nitrogen and oxygen atoms in total. The van der Waals surface area contributed by atoms with E-state index in [0.29, 0.717) is 6.42 Å². The van der Waals surface area contributed by atoms with Crippen LogP contribution in [-0.4, -0.2) is 33.4 Å². The molecule has 2 rings (SSSR count). The Morgan fingerprint density at radius 3 is 2.67 bits per heavy atom. The number of carbonyl (C=O) groups excluding carboxylic acids is 1. The maximum Gasteiger partial charge on any atom is 0.255 e. The van der Waals surface area contributed by atoms with Gasteiger partial charge in [0.05, 0.1) is 17.7 Å². The molecule has 2 atom stereocenters. The van der Waals surface area contributed by atoms with E-state index in [-0.39, 0.29) is 23.1 Å². The van der Waals surface area contributed by atoms with Crippen molar-refractivity contribution in [1.82, 2.24) is 5.32 Å². The molecule has 1 fully saturated rings. The number of carbonyl (C=O) groups is 1. The van der Waals surface area contributed by atoms with E-state index in [9.17, 15) is 20.1 Å². The summed E-state index contributed by atoms with van der Waals surface area (Å²) in [6.07, 6.45) is 2.80. The minimum atomic E-state index is -0.540. The van der Waals surface area contributed by atoms with Gasteiger partial charge < -0.3 is 20.6 Å². The number of rotatable bonds is 2. The summed E-state index contributed by atoms with van der Waals surface area (Å²) in [6.45, 7) is 0. The minimum Gasteiger partial charge on any atom is -0.508 e. The van der Waals surface area contributed by atoms with Gasteiger partial charge in [0.25, 0.3) is 5.91 Å². The van der Waals surface area contributed by atoms with Crippen molar-refractivity contribution in [3.8, 4) is 11.5 Å². The molecule has 4 N–H and O–H groups in total. The second-order valence-corrected chi connectivity index (χ2v) is 4.63. The fourth-order valence-electron chi connectivity index (χ4n) is 2.23. The van der Waals surface area contributed by atoms with Crippen molar-refractivity contribution in [3.63, 3.8) is 0 Å². The molecule has 2 unspecified atom stereocenters. The Labute approximate surface area is 105 Å². The Morgan fingerprint density at radius 1 is 1.22 bits per heavy atom.